The maximum atomic E-state index is 12.5. The van der Waals surface area contributed by atoms with Gasteiger partial charge in [-0.1, -0.05) is 0 Å². The third-order valence-electron chi connectivity index (χ3n) is 3.75. The predicted octanol–water partition coefficient (Wildman–Crippen LogP) is 1.72. The van der Waals surface area contributed by atoms with E-state index in [4.69, 9.17) is 5.11 Å². The topological polar surface area (TPSA) is 69.6 Å². The van der Waals surface area contributed by atoms with E-state index in [1.807, 2.05) is 41.4 Å². The minimum absolute atomic E-state index is 0.198. The molecule has 5 nitrogen and oxygen atoms in total. The van der Waals surface area contributed by atoms with E-state index >= 15 is 0 Å². The molecule has 3 rings (SSSR count). The van der Waals surface area contributed by atoms with Crippen LogP contribution in [0.3, 0.4) is 0 Å². The Morgan fingerprint density at radius 2 is 2.00 bits per heavy atom. The van der Waals surface area contributed by atoms with E-state index in [-0.39, 0.29) is 11.2 Å². The molecule has 0 fully saturated rings. The van der Waals surface area contributed by atoms with Gasteiger partial charge in [-0.3, -0.25) is 0 Å². The van der Waals surface area contributed by atoms with Gasteiger partial charge in [0.25, 0.3) is 0 Å². The zero-order valence-corrected chi connectivity index (χ0v) is 14.5. The van der Waals surface area contributed by atoms with Crippen LogP contribution in [0, 0.1) is 0 Å². The van der Waals surface area contributed by atoms with Gasteiger partial charge in [-0.05, 0) is 0 Å². The van der Waals surface area contributed by atoms with Gasteiger partial charge in [-0.2, -0.15) is 0 Å². The molecule has 0 aromatic heterocycles. The number of hydrogen-bond donors (Lipinski definition) is 2. The number of rotatable bonds is 4. The molecule has 6 heteroatoms. The zero-order valence-electron chi connectivity index (χ0n) is 12.5. The molecular weight excluding hydrogens is 355 g/mol. The molecule has 2 aliphatic rings. The van der Waals surface area contributed by atoms with Gasteiger partial charge in [-0.15, -0.1) is 0 Å². The minimum atomic E-state index is -1.04. The summed E-state index contributed by atoms with van der Waals surface area (Å²) in [6.07, 6.45) is 8.06. The van der Waals surface area contributed by atoms with Crippen molar-refractivity contribution in [1.82, 2.24) is 10.2 Å². The van der Waals surface area contributed by atoms with Gasteiger partial charge in [-0.25, -0.2) is 0 Å². The normalized spacial score (nSPS) is 16.3. The van der Waals surface area contributed by atoms with E-state index in [1.165, 1.54) is 11.1 Å². The fourth-order valence-electron chi connectivity index (χ4n) is 2.53. The zero-order chi connectivity index (χ0) is 16.2. The molecule has 0 saturated carbocycles. The van der Waals surface area contributed by atoms with E-state index in [0.29, 0.717) is 6.54 Å². The first-order chi connectivity index (χ1) is 11.1. The van der Waals surface area contributed by atoms with E-state index < -0.39 is 21.8 Å². The van der Waals surface area contributed by atoms with Crippen molar-refractivity contribution in [3.05, 3.63) is 65.4 Å². The van der Waals surface area contributed by atoms with Crippen LogP contribution in [-0.2, 0) is 6.54 Å². The predicted molar refractivity (Wildman–Crippen MR) is 90.1 cm³/mol. The molecule has 1 aliphatic carbocycles. The van der Waals surface area contributed by atoms with Crippen molar-refractivity contribution in [3.8, 4) is 0 Å². The molecule has 0 radical (unpaired) electrons. The second-order valence-electron chi connectivity index (χ2n) is 5.39. The molecule has 1 unspecified atom stereocenters. The van der Waals surface area contributed by atoms with Gasteiger partial charge in [0, 0.05) is 0 Å². The quantitative estimate of drug-likeness (QED) is 0.791. The second kappa shape index (κ2) is 6.88. The van der Waals surface area contributed by atoms with Crippen molar-refractivity contribution in [2.75, 3.05) is 6.54 Å². The molecule has 1 atom stereocenters. The molecule has 1 aliphatic heterocycles. The summed E-state index contributed by atoms with van der Waals surface area (Å²) < 4.78 is 1.25. The number of hydrogen-bond acceptors (Lipinski definition) is 2. The van der Waals surface area contributed by atoms with Crippen LogP contribution in [0.15, 0.2) is 59.8 Å². The van der Waals surface area contributed by atoms with Crippen molar-refractivity contribution < 1.29 is 14.7 Å². The first-order valence-corrected chi connectivity index (χ1v) is 9.42. The average molecular weight is 372 g/mol. The Labute approximate surface area is 141 Å². The number of allylic oxidation sites excluding steroid dienone is 3. The van der Waals surface area contributed by atoms with Crippen molar-refractivity contribution in [3.63, 3.8) is 0 Å². The summed E-state index contributed by atoms with van der Waals surface area (Å²) in [4.78, 5) is 24.8. The molecule has 0 saturated heterocycles. The van der Waals surface area contributed by atoms with E-state index in [1.54, 1.807) is 0 Å². The summed E-state index contributed by atoms with van der Waals surface area (Å²) in [6, 6.07) is 7.59. The Bertz CT molecular complexity index is 720. The summed E-state index contributed by atoms with van der Waals surface area (Å²) in [5, 5.41) is 10.9. The molecule has 1 aromatic rings. The number of nitrogens with zero attached hydrogens (tertiary/aromatic N) is 1. The molecular formula is C17H17AsN2O3. The SMILES string of the molecule is O=C(O)NCc1ccc([AsH]C(=O)N2C=C3CC=CC=C3C2)cc1. The van der Waals surface area contributed by atoms with Crippen LogP contribution in [-0.4, -0.2) is 43.1 Å². The molecule has 0 bridgehead atoms. The summed E-state index contributed by atoms with van der Waals surface area (Å²) in [6.45, 7) is 0.964. The standard InChI is InChI=1S/C17H17AsN2O3/c21-16(20-10-13-3-1-2-4-14(13)11-20)18-15-7-5-12(6-8-15)9-19-17(22)23/h1-3,5-8,11,18-19H,4,9-10H2,(H,22,23). The third-order valence-corrected chi connectivity index (χ3v) is 6.10. The van der Waals surface area contributed by atoms with Gasteiger partial charge in [0.1, 0.15) is 0 Å². The Morgan fingerprint density at radius 1 is 1.22 bits per heavy atom. The molecule has 1 aromatic carbocycles. The number of fused-ring (bicyclic) bond motifs is 1. The molecule has 2 N–H and O–H groups in total. The van der Waals surface area contributed by atoms with Crippen molar-refractivity contribution >= 4 is 30.9 Å². The molecule has 0 spiro atoms. The van der Waals surface area contributed by atoms with Gasteiger partial charge in [0.05, 0.1) is 0 Å². The van der Waals surface area contributed by atoms with Crippen LogP contribution >= 0.6 is 0 Å². The summed E-state index contributed by atoms with van der Waals surface area (Å²) in [5.74, 6) is 0. The van der Waals surface area contributed by atoms with Gasteiger partial charge >= 0.3 is 141 Å². The van der Waals surface area contributed by atoms with Crippen LogP contribution in [0.25, 0.3) is 0 Å². The number of benzene rings is 1. The summed E-state index contributed by atoms with van der Waals surface area (Å²) in [5.41, 5.74) is 3.37. The molecule has 1 heterocycles. The fourth-order valence-corrected chi connectivity index (χ4v) is 4.35. The Balaban J connectivity index is 1.58. The van der Waals surface area contributed by atoms with Crippen molar-refractivity contribution in [2.45, 2.75) is 13.0 Å². The van der Waals surface area contributed by atoms with Crippen LogP contribution in [0.5, 0.6) is 0 Å². The van der Waals surface area contributed by atoms with Gasteiger partial charge in [0.15, 0.2) is 0 Å². The van der Waals surface area contributed by atoms with Crippen LogP contribution in [0.1, 0.15) is 12.0 Å². The van der Waals surface area contributed by atoms with Crippen molar-refractivity contribution in [1.29, 1.82) is 0 Å². The molecule has 23 heavy (non-hydrogen) atoms. The first-order valence-electron chi connectivity index (χ1n) is 7.32. The van der Waals surface area contributed by atoms with Gasteiger partial charge in [0.2, 0.25) is 0 Å². The average Bonchev–Trinajstić information content (AvgIpc) is 2.98. The number of carbonyl (C=O) groups excluding carboxylic acids is 1. The number of nitrogens with one attached hydrogen (secondary N) is 1. The summed E-state index contributed by atoms with van der Waals surface area (Å²) in [7, 11) is 0. The second-order valence-corrected chi connectivity index (χ2v) is 8.03. The first kappa shape index (κ1) is 15.6. The maximum absolute atomic E-state index is 12.5. The van der Waals surface area contributed by atoms with E-state index in [9.17, 15) is 9.59 Å². The molecule has 2 amide bonds. The van der Waals surface area contributed by atoms with E-state index in [2.05, 4.69) is 17.5 Å². The van der Waals surface area contributed by atoms with Crippen LogP contribution < -0.4 is 9.67 Å². The van der Waals surface area contributed by atoms with Crippen LogP contribution in [0.4, 0.5) is 9.59 Å². The Kier molecular flexibility index (Phi) is 4.67. The Hall–Kier alpha value is -2.26. The summed E-state index contributed by atoms with van der Waals surface area (Å²) >= 11 is -0.905. The van der Waals surface area contributed by atoms with Crippen LogP contribution in [0.2, 0.25) is 0 Å². The monoisotopic (exact) mass is 372 g/mol. The Morgan fingerprint density at radius 3 is 2.70 bits per heavy atom. The third kappa shape index (κ3) is 3.93. The molecule has 118 valence electrons. The number of amides is 2. The number of carbonyl (C=O) groups is 2. The van der Waals surface area contributed by atoms with E-state index in [0.717, 1.165) is 16.3 Å². The van der Waals surface area contributed by atoms with Gasteiger partial charge < -0.3 is 0 Å². The number of carboxylic acid groups (broad SMARTS) is 1. The fraction of sp³-hybridized carbons (Fsp3) is 0.176. The van der Waals surface area contributed by atoms with Crippen molar-refractivity contribution in [2.24, 2.45) is 0 Å².